The van der Waals surface area contributed by atoms with Crippen LogP contribution in [-0.4, -0.2) is 5.11 Å². The van der Waals surface area contributed by atoms with E-state index in [1.54, 1.807) is 12.1 Å². The molecule has 1 atom stereocenters. The quantitative estimate of drug-likeness (QED) is 0.865. The molecule has 2 aromatic carbocycles. The smallest absolute Gasteiger partial charge is 0.121 e. The standard InChI is InChI=1S/C15H16O2/c1-12(13-7-3-2-4-8-13)17-11-14-9-5-6-10-15(14)16/h2-10,12,16H,11H2,1H3. The second-order valence-corrected chi connectivity index (χ2v) is 3.99. The molecular weight excluding hydrogens is 212 g/mol. The van der Waals surface area contributed by atoms with Crippen LogP contribution in [0.4, 0.5) is 0 Å². The van der Waals surface area contributed by atoms with Crippen molar-refractivity contribution in [3.63, 3.8) is 0 Å². The summed E-state index contributed by atoms with van der Waals surface area (Å²) in [6.45, 7) is 2.43. The van der Waals surface area contributed by atoms with Crippen molar-refractivity contribution < 1.29 is 9.84 Å². The van der Waals surface area contributed by atoms with Gasteiger partial charge in [-0.25, -0.2) is 0 Å². The van der Waals surface area contributed by atoms with Gasteiger partial charge in [0.25, 0.3) is 0 Å². The zero-order valence-corrected chi connectivity index (χ0v) is 9.84. The Kier molecular flexibility index (Phi) is 3.78. The van der Waals surface area contributed by atoms with Crippen molar-refractivity contribution in [2.75, 3.05) is 0 Å². The molecule has 2 rings (SSSR count). The van der Waals surface area contributed by atoms with Crippen LogP contribution in [0, 0.1) is 0 Å². The summed E-state index contributed by atoms with van der Waals surface area (Å²) in [6.07, 6.45) is 0.0239. The van der Waals surface area contributed by atoms with E-state index < -0.39 is 0 Å². The first-order valence-electron chi connectivity index (χ1n) is 5.71. The summed E-state index contributed by atoms with van der Waals surface area (Å²) in [5.41, 5.74) is 1.96. The molecule has 0 amide bonds. The number of phenols is 1. The van der Waals surface area contributed by atoms with Gasteiger partial charge < -0.3 is 9.84 Å². The molecule has 88 valence electrons. The van der Waals surface area contributed by atoms with Crippen molar-refractivity contribution in [1.82, 2.24) is 0 Å². The minimum absolute atomic E-state index is 0.0239. The Morgan fingerprint density at radius 2 is 1.65 bits per heavy atom. The van der Waals surface area contributed by atoms with E-state index in [1.165, 1.54) is 0 Å². The lowest BCUT2D eigenvalue weighted by Gasteiger charge is -2.13. The first kappa shape index (κ1) is 11.7. The highest BCUT2D eigenvalue weighted by Crippen LogP contribution is 2.21. The molecule has 0 aliphatic heterocycles. The van der Waals surface area contributed by atoms with Crippen LogP contribution in [0.25, 0.3) is 0 Å². The van der Waals surface area contributed by atoms with Crippen LogP contribution < -0.4 is 0 Å². The Morgan fingerprint density at radius 1 is 1.00 bits per heavy atom. The van der Waals surface area contributed by atoms with Gasteiger partial charge in [0.2, 0.25) is 0 Å². The molecule has 0 aliphatic carbocycles. The molecule has 1 unspecified atom stereocenters. The van der Waals surface area contributed by atoms with Crippen LogP contribution >= 0.6 is 0 Å². The minimum atomic E-state index is 0.0239. The highest BCUT2D eigenvalue weighted by atomic mass is 16.5. The van der Waals surface area contributed by atoms with Crippen molar-refractivity contribution in [3.05, 3.63) is 65.7 Å². The molecule has 17 heavy (non-hydrogen) atoms. The van der Waals surface area contributed by atoms with E-state index >= 15 is 0 Å². The highest BCUT2D eigenvalue weighted by molar-refractivity contribution is 5.31. The fourth-order valence-corrected chi connectivity index (χ4v) is 1.67. The minimum Gasteiger partial charge on any atom is -0.508 e. The van der Waals surface area contributed by atoms with E-state index in [0.29, 0.717) is 6.61 Å². The number of hydrogen-bond donors (Lipinski definition) is 1. The number of ether oxygens (including phenoxy) is 1. The van der Waals surface area contributed by atoms with Crippen molar-refractivity contribution in [3.8, 4) is 5.75 Å². The van der Waals surface area contributed by atoms with E-state index in [4.69, 9.17) is 4.74 Å². The summed E-state index contributed by atoms with van der Waals surface area (Å²) in [4.78, 5) is 0. The van der Waals surface area contributed by atoms with E-state index in [-0.39, 0.29) is 11.9 Å². The highest BCUT2D eigenvalue weighted by Gasteiger charge is 2.06. The number of benzene rings is 2. The third-order valence-electron chi connectivity index (χ3n) is 2.75. The van der Waals surface area contributed by atoms with Crippen LogP contribution in [-0.2, 0) is 11.3 Å². The average molecular weight is 228 g/mol. The summed E-state index contributed by atoms with van der Waals surface area (Å²) < 4.78 is 5.73. The molecule has 0 saturated carbocycles. The Balaban J connectivity index is 1.97. The van der Waals surface area contributed by atoms with Gasteiger partial charge in [0, 0.05) is 5.56 Å². The first-order valence-corrected chi connectivity index (χ1v) is 5.71. The van der Waals surface area contributed by atoms with Crippen LogP contribution in [0.3, 0.4) is 0 Å². The van der Waals surface area contributed by atoms with Crippen LogP contribution in [0.2, 0.25) is 0 Å². The van der Waals surface area contributed by atoms with Crippen LogP contribution in [0.1, 0.15) is 24.2 Å². The van der Waals surface area contributed by atoms with Crippen molar-refractivity contribution in [2.24, 2.45) is 0 Å². The molecule has 0 bridgehead atoms. The second-order valence-electron chi connectivity index (χ2n) is 3.99. The number of para-hydroxylation sites is 1. The van der Waals surface area contributed by atoms with Crippen LogP contribution in [0.5, 0.6) is 5.75 Å². The fourth-order valence-electron chi connectivity index (χ4n) is 1.67. The van der Waals surface area contributed by atoms with Crippen molar-refractivity contribution in [1.29, 1.82) is 0 Å². The van der Waals surface area contributed by atoms with Gasteiger partial charge in [-0.15, -0.1) is 0 Å². The third-order valence-corrected chi connectivity index (χ3v) is 2.75. The first-order chi connectivity index (χ1) is 8.27. The molecule has 0 aliphatic rings. The van der Waals surface area contributed by atoms with Gasteiger partial charge in [0.1, 0.15) is 5.75 Å². The molecule has 0 heterocycles. The predicted molar refractivity (Wildman–Crippen MR) is 67.8 cm³/mol. The number of phenolic OH excluding ortho intramolecular Hbond substituents is 1. The van der Waals surface area contributed by atoms with Gasteiger partial charge in [0.05, 0.1) is 12.7 Å². The SMILES string of the molecule is CC(OCc1ccccc1O)c1ccccc1. The molecule has 2 nitrogen and oxygen atoms in total. The molecule has 0 saturated heterocycles. The zero-order valence-electron chi connectivity index (χ0n) is 9.84. The van der Waals surface area contributed by atoms with Gasteiger partial charge in [0.15, 0.2) is 0 Å². The van der Waals surface area contributed by atoms with Crippen molar-refractivity contribution in [2.45, 2.75) is 19.6 Å². The third kappa shape index (κ3) is 3.08. The summed E-state index contributed by atoms with van der Waals surface area (Å²) in [5, 5.41) is 9.61. The molecule has 0 spiro atoms. The predicted octanol–water partition coefficient (Wildman–Crippen LogP) is 3.67. The summed E-state index contributed by atoms with van der Waals surface area (Å²) >= 11 is 0. The summed E-state index contributed by atoms with van der Waals surface area (Å²) in [7, 11) is 0. The maximum atomic E-state index is 9.61. The summed E-state index contributed by atoms with van der Waals surface area (Å²) in [5.74, 6) is 0.285. The topological polar surface area (TPSA) is 29.5 Å². The molecule has 2 heteroatoms. The second kappa shape index (κ2) is 5.51. The lowest BCUT2D eigenvalue weighted by molar-refractivity contribution is 0.0514. The molecule has 0 aromatic heterocycles. The number of rotatable bonds is 4. The van der Waals surface area contributed by atoms with Crippen molar-refractivity contribution >= 4 is 0 Å². The van der Waals surface area contributed by atoms with Gasteiger partial charge in [-0.05, 0) is 18.6 Å². The number of aromatic hydroxyl groups is 1. The normalized spacial score (nSPS) is 12.3. The molecule has 0 radical (unpaired) electrons. The lowest BCUT2D eigenvalue weighted by Crippen LogP contribution is -2.00. The van der Waals surface area contributed by atoms with Crippen LogP contribution in [0.15, 0.2) is 54.6 Å². The van der Waals surface area contributed by atoms with E-state index in [1.807, 2.05) is 49.4 Å². The largest absolute Gasteiger partial charge is 0.508 e. The van der Waals surface area contributed by atoms with E-state index in [2.05, 4.69) is 0 Å². The Labute approximate surface area is 101 Å². The zero-order chi connectivity index (χ0) is 12.1. The van der Waals surface area contributed by atoms with Gasteiger partial charge in [-0.2, -0.15) is 0 Å². The van der Waals surface area contributed by atoms with Gasteiger partial charge >= 0.3 is 0 Å². The van der Waals surface area contributed by atoms with Gasteiger partial charge in [-0.1, -0.05) is 48.5 Å². The lowest BCUT2D eigenvalue weighted by atomic mass is 10.1. The Hall–Kier alpha value is -1.80. The average Bonchev–Trinajstić information content (AvgIpc) is 2.38. The molecule has 1 N–H and O–H groups in total. The molecular formula is C15H16O2. The fraction of sp³-hybridized carbons (Fsp3) is 0.200. The molecule has 2 aromatic rings. The number of hydrogen-bond acceptors (Lipinski definition) is 2. The van der Waals surface area contributed by atoms with E-state index in [0.717, 1.165) is 11.1 Å². The summed E-state index contributed by atoms with van der Waals surface area (Å²) in [6, 6.07) is 17.3. The van der Waals surface area contributed by atoms with Gasteiger partial charge in [-0.3, -0.25) is 0 Å². The Bertz CT molecular complexity index is 465. The Morgan fingerprint density at radius 3 is 2.35 bits per heavy atom. The maximum absolute atomic E-state index is 9.61. The van der Waals surface area contributed by atoms with E-state index in [9.17, 15) is 5.11 Å². The molecule has 0 fully saturated rings. The monoisotopic (exact) mass is 228 g/mol. The maximum Gasteiger partial charge on any atom is 0.121 e.